The van der Waals surface area contributed by atoms with Crippen molar-refractivity contribution in [2.24, 2.45) is 0 Å². The monoisotopic (exact) mass is 355 g/mol. The van der Waals surface area contributed by atoms with Crippen LogP contribution in [-0.2, 0) is 27.3 Å². The van der Waals surface area contributed by atoms with Crippen LogP contribution in [0.2, 0.25) is 0 Å². The van der Waals surface area contributed by atoms with Crippen LogP contribution < -0.4 is 10.1 Å². The second kappa shape index (κ2) is 9.04. The third-order valence-electron chi connectivity index (χ3n) is 4.04. The summed E-state index contributed by atoms with van der Waals surface area (Å²) in [5.41, 5.74) is 3.92. The summed E-state index contributed by atoms with van der Waals surface area (Å²) in [6.45, 7) is 5.91. The maximum absolute atomic E-state index is 12.2. The maximum atomic E-state index is 12.2. The van der Waals surface area contributed by atoms with Gasteiger partial charge < -0.3 is 14.8 Å². The van der Waals surface area contributed by atoms with Crippen molar-refractivity contribution < 1.29 is 19.1 Å². The van der Waals surface area contributed by atoms with E-state index in [1.165, 1.54) is 0 Å². The Hall–Kier alpha value is -2.82. The van der Waals surface area contributed by atoms with Crippen LogP contribution in [0.3, 0.4) is 0 Å². The highest BCUT2D eigenvalue weighted by atomic mass is 16.5. The molecule has 2 aromatic carbocycles. The fraction of sp³-hybridized carbons (Fsp3) is 0.333. The van der Waals surface area contributed by atoms with Crippen LogP contribution in [0.25, 0.3) is 0 Å². The Morgan fingerprint density at radius 3 is 2.35 bits per heavy atom. The van der Waals surface area contributed by atoms with Crippen molar-refractivity contribution in [1.29, 1.82) is 0 Å². The Balaban J connectivity index is 1.87. The predicted octanol–water partition coefficient (Wildman–Crippen LogP) is 3.10. The van der Waals surface area contributed by atoms with Gasteiger partial charge in [-0.05, 0) is 32.4 Å². The first kappa shape index (κ1) is 19.5. The van der Waals surface area contributed by atoms with Gasteiger partial charge in [0.05, 0.1) is 13.5 Å². The number of hydrogen-bond donors (Lipinski definition) is 1. The van der Waals surface area contributed by atoms with E-state index >= 15 is 0 Å². The summed E-state index contributed by atoms with van der Waals surface area (Å²) >= 11 is 0. The van der Waals surface area contributed by atoms with Gasteiger partial charge in [0, 0.05) is 12.1 Å². The molecular formula is C21H25NO4. The minimum absolute atomic E-state index is 0.0560. The molecule has 138 valence electrons. The van der Waals surface area contributed by atoms with E-state index in [2.05, 4.69) is 5.32 Å². The summed E-state index contributed by atoms with van der Waals surface area (Å²) in [7, 11) is 1.56. The number of rotatable bonds is 7. The minimum Gasteiger partial charge on any atom is -0.496 e. The predicted molar refractivity (Wildman–Crippen MR) is 100 cm³/mol. The van der Waals surface area contributed by atoms with Crippen LogP contribution in [0.5, 0.6) is 5.75 Å². The van der Waals surface area contributed by atoms with E-state index in [-0.39, 0.29) is 12.3 Å². The number of aryl methyl sites for hydroxylation is 2. The van der Waals surface area contributed by atoms with Gasteiger partial charge in [-0.2, -0.15) is 0 Å². The first-order valence-electron chi connectivity index (χ1n) is 8.55. The first-order chi connectivity index (χ1) is 12.4. The van der Waals surface area contributed by atoms with Crippen LogP contribution in [0.1, 0.15) is 29.2 Å². The van der Waals surface area contributed by atoms with E-state index in [4.69, 9.17) is 9.47 Å². The second-order valence-electron chi connectivity index (χ2n) is 6.33. The van der Waals surface area contributed by atoms with Gasteiger partial charge in [-0.1, -0.05) is 47.5 Å². The van der Waals surface area contributed by atoms with E-state index in [9.17, 15) is 9.59 Å². The summed E-state index contributed by atoms with van der Waals surface area (Å²) in [6.07, 6.45) is -0.802. The lowest BCUT2D eigenvalue weighted by atomic mass is 10.1. The molecule has 0 aromatic heterocycles. The van der Waals surface area contributed by atoms with Crippen molar-refractivity contribution in [3.05, 3.63) is 64.7 Å². The molecule has 26 heavy (non-hydrogen) atoms. The molecule has 0 aliphatic rings. The van der Waals surface area contributed by atoms with E-state index in [0.717, 1.165) is 22.3 Å². The molecular weight excluding hydrogens is 330 g/mol. The van der Waals surface area contributed by atoms with Crippen LogP contribution in [0.4, 0.5) is 0 Å². The van der Waals surface area contributed by atoms with Crippen molar-refractivity contribution in [3.63, 3.8) is 0 Å². The average Bonchev–Trinajstić information content (AvgIpc) is 2.61. The van der Waals surface area contributed by atoms with E-state index in [1.807, 2.05) is 56.3 Å². The van der Waals surface area contributed by atoms with Gasteiger partial charge in [-0.15, -0.1) is 0 Å². The molecule has 0 fully saturated rings. The first-order valence-corrected chi connectivity index (χ1v) is 8.55. The highest BCUT2D eigenvalue weighted by Crippen LogP contribution is 2.20. The SMILES string of the molecule is COc1ccc(C)cc1CC(=O)O[C@H](C)C(=O)NCc1ccc(C)cc1. The highest BCUT2D eigenvalue weighted by Gasteiger charge is 2.19. The van der Waals surface area contributed by atoms with Crippen molar-refractivity contribution in [2.45, 2.75) is 39.8 Å². The number of methoxy groups -OCH3 is 1. The quantitative estimate of drug-likeness (QED) is 0.775. The molecule has 2 rings (SSSR count). The zero-order chi connectivity index (χ0) is 19.1. The molecule has 5 heteroatoms. The topological polar surface area (TPSA) is 64.6 Å². The van der Waals surface area contributed by atoms with Crippen molar-refractivity contribution in [1.82, 2.24) is 5.32 Å². The Bertz CT molecular complexity index is 768. The van der Waals surface area contributed by atoms with Crippen LogP contribution in [0, 0.1) is 13.8 Å². The van der Waals surface area contributed by atoms with Crippen molar-refractivity contribution >= 4 is 11.9 Å². The van der Waals surface area contributed by atoms with Gasteiger partial charge in [0.15, 0.2) is 6.10 Å². The molecule has 0 radical (unpaired) electrons. The zero-order valence-corrected chi connectivity index (χ0v) is 15.7. The van der Waals surface area contributed by atoms with Crippen molar-refractivity contribution in [3.8, 4) is 5.75 Å². The standard InChI is InChI=1S/C21H25NO4/c1-14-5-8-17(9-6-14)13-22-21(24)16(3)26-20(23)12-18-11-15(2)7-10-19(18)25-4/h5-11,16H,12-13H2,1-4H3,(H,22,24)/t16-/m1/s1. The number of esters is 1. The average molecular weight is 355 g/mol. The molecule has 1 atom stereocenters. The molecule has 0 spiro atoms. The second-order valence-corrected chi connectivity index (χ2v) is 6.33. The molecule has 0 aliphatic carbocycles. The van der Waals surface area contributed by atoms with E-state index in [1.54, 1.807) is 14.0 Å². The fourth-order valence-electron chi connectivity index (χ4n) is 2.53. The summed E-state index contributed by atoms with van der Waals surface area (Å²) in [4.78, 5) is 24.3. The molecule has 0 saturated carbocycles. The number of ether oxygens (including phenoxy) is 2. The van der Waals surface area contributed by atoms with Gasteiger partial charge in [0.2, 0.25) is 0 Å². The minimum atomic E-state index is -0.858. The van der Waals surface area contributed by atoms with Crippen LogP contribution in [0.15, 0.2) is 42.5 Å². The largest absolute Gasteiger partial charge is 0.496 e. The number of nitrogens with one attached hydrogen (secondary N) is 1. The van der Waals surface area contributed by atoms with E-state index in [0.29, 0.717) is 12.3 Å². The number of benzene rings is 2. The molecule has 0 aliphatic heterocycles. The summed E-state index contributed by atoms with van der Waals surface area (Å²) < 4.78 is 10.5. The molecule has 2 aromatic rings. The van der Waals surface area contributed by atoms with Gasteiger partial charge in [-0.25, -0.2) is 0 Å². The molecule has 0 heterocycles. The number of carbonyl (C=O) groups excluding carboxylic acids is 2. The summed E-state index contributed by atoms with van der Waals surface area (Å²) in [5.74, 6) is -0.161. The zero-order valence-electron chi connectivity index (χ0n) is 15.7. The molecule has 1 amide bonds. The Kier molecular flexibility index (Phi) is 6.78. The third-order valence-corrected chi connectivity index (χ3v) is 4.04. The fourth-order valence-corrected chi connectivity index (χ4v) is 2.53. The van der Waals surface area contributed by atoms with E-state index < -0.39 is 12.1 Å². The Labute approximate surface area is 154 Å². The van der Waals surface area contributed by atoms with Crippen LogP contribution in [-0.4, -0.2) is 25.1 Å². The molecule has 1 N–H and O–H groups in total. The lowest BCUT2D eigenvalue weighted by molar-refractivity contribution is -0.154. The molecule has 0 saturated heterocycles. The lowest BCUT2D eigenvalue weighted by Gasteiger charge is -2.15. The Morgan fingerprint density at radius 2 is 1.69 bits per heavy atom. The van der Waals surface area contributed by atoms with Crippen LogP contribution >= 0.6 is 0 Å². The lowest BCUT2D eigenvalue weighted by Crippen LogP contribution is -2.35. The summed E-state index contributed by atoms with van der Waals surface area (Å²) in [5, 5.41) is 2.78. The number of carbonyl (C=O) groups is 2. The molecule has 0 unspecified atom stereocenters. The number of hydrogen-bond acceptors (Lipinski definition) is 4. The maximum Gasteiger partial charge on any atom is 0.311 e. The summed E-state index contributed by atoms with van der Waals surface area (Å²) in [6, 6.07) is 13.5. The highest BCUT2D eigenvalue weighted by molar-refractivity contribution is 5.84. The van der Waals surface area contributed by atoms with Gasteiger partial charge in [0.25, 0.3) is 5.91 Å². The van der Waals surface area contributed by atoms with Gasteiger partial charge >= 0.3 is 5.97 Å². The van der Waals surface area contributed by atoms with Gasteiger partial charge in [-0.3, -0.25) is 9.59 Å². The normalized spacial score (nSPS) is 11.5. The Morgan fingerprint density at radius 1 is 1.04 bits per heavy atom. The number of amides is 1. The molecule has 5 nitrogen and oxygen atoms in total. The molecule has 0 bridgehead atoms. The third kappa shape index (κ3) is 5.62. The van der Waals surface area contributed by atoms with Crippen molar-refractivity contribution in [2.75, 3.05) is 7.11 Å². The van der Waals surface area contributed by atoms with Gasteiger partial charge in [0.1, 0.15) is 5.75 Å². The smallest absolute Gasteiger partial charge is 0.311 e.